The smallest absolute Gasteiger partial charge is 0.217 e. The minimum absolute atomic E-state index is 0.0334. The van der Waals surface area contributed by atoms with E-state index >= 15 is 0 Å². The zero-order valence-corrected chi connectivity index (χ0v) is 16.5. The number of nitrogens with one attached hydrogen (secondary N) is 2. The van der Waals surface area contributed by atoms with Crippen molar-refractivity contribution in [1.29, 1.82) is 0 Å². The van der Waals surface area contributed by atoms with Crippen LogP contribution in [0.25, 0.3) is 0 Å². The van der Waals surface area contributed by atoms with Crippen molar-refractivity contribution in [2.45, 2.75) is 25.9 Å². The lowest BCUT2D eigenvalue weighted by molar-refractivity contribution is -0.933. The van der Waals surface area contributed by atoms with E-state index in [1.807, 2.05) is 12.1 Å². The third kappa shape index (κ3) is 4.19. The largest absolute Gasteiger partial charge is 0.495 e. The molecule has 1 aromatic carbocycles. The third-order valence-electron chi connectivity index (χ3n) is 5.05. The van der Waals surface area contributed by atoms with Crippen molar-refractivity contribution in [3.63, 3.8) is 0 Å². The number of hydrogen-bond acceptors (Lipinski definition) is 4. The highest BCUT2D eigenvalue weighted by Crippen LogP contribution is 2.28. The summed E-state index contributed by atoms with van der Waals surface area (Å²) in [5.41, 5.74) is 1.16. The van der Waals surface area contributed by atoms with Crippen molar-refractivity contribution in [2.75, 3.05) is 38.2 Å². The van der Waals surface area contributed by atoms with Crippen LogP contribution in [0.1, 0.15) is 24.8 Å². The van der Waals surface area contributed by atoms with E-state index in [-0.39, 0.29) is 11.9 Å². The lowest BCUT2D eigenvalue weighted by Crippen LogP contribution is -3.16. The highest BCUT2D eigenvalue weighted by molar-refractivity contribution is 7.10. The average molecular weight is 375 g/mol. The first-order valence-electron chi connectivity index (χ1n) is 9.13. The maximum absolute atomic E-state index is 11.6. The highest BCUT2D eigenvalue weighted by Gasteiger charge is 2.34. The van der Waals surface area contributed by atoms with Crippen molar-refractivity contribution >= 4 is 22.9 Å². The standard InChI is InChI=1S/C20H27N3O2S/c1-15(21-16(2)24)20(19-9-6-14-26-19)23-12-10-22(11-13-23)17-7-4-5-8-18(17)25-3/h4-9,14-15,20H,10-13H2,1-3H3,(H,21,24)/p+1/t15-,20+/m1/s1. The maximum atomic E-state index is 11.6. The van der Waals surface area contributed by atoms with Crippen molar-refractivity contribution in [3.05, 3.63) is 46.7 Å². The Kier molecular flexibility index (Phi) is 6.16. The fourth-order valence-electron chi connectivity index (χ4n) is 3.91. The van der Waals surface area contributed by atoms with Crippen molar-refractivity contribution < 1.29 is 14.4 Å². The van der Waals surface area contributed by atoms with Crippen LogP contribution in [0.5, 0.6) is 5.75 Å². The second-order valence-corrected chi connectivity index (χ2v) is 7.78. The molecule has 1 aromatic heterocycles. The van der Waals surface area contributed by atoms with Crippen LogP contribution in [0.2, 0.25) is 0 Å². The van der Waals surface area contributed by atoms with Gasteiger partial charge in [-0.3, -0.25) is 4.79 Å². The number of ether oxygens (including phenoxy) is 1. The first-order chi connectivity index (χ1) is 12.6. The van der Waals surface area contributed by atoms with Crippen LogP contribution >= 0.6 is 11.3 Å². The summed E-state index contributed by atoms with van der Waals surface area (Å²) in [5.74, 6) is 0.962. The Balaban J connectivity index is 1.72. The van der Waals surface area contributed by atoms with Crippen LogP contribution in [0.4, 0.5) is 5.69 Å². The normalized spacial score (nSPS) is 17.6. The number of nitrogens with zero attached hydrogens (tertiary/aromatic N) is 1. The summed E-state index contributed by atoms with van der Waals surface area (Å²) < 4.78 is 5.52. The van der Waals surface area contributed by atoms with E-state index < -0.39 is 0 Å². The Labute approximate surface area is 159 Å². The second-order valence-electron chi connectivity index (χ2n) is 6.80. The van der Waals surface area contributed by atoms with Gasteiger partial charge in [-0.1, -0.05) is 18.2 Å². The van der Waals surface area contributed by atoms with Gasteiger partial charge in [0.25, 0.3) is 0 Å². The van der Waals surface area contributed by atoms with E-state index in [2.05, 4.69) is 46.8 Å². The van der Waals surface area contributed by atoms with E-state index in [4.69, 9.17) is 4.74 Å². The summed E-state index contributed by atoms with van der Waals surface area (Å²) in [5, 5.41) is 5.22. The molecule has 0 bridgehead atoms. The molecular formula is C20H28N3O2S+. The van der Waals surface area contributed by atoms with Crippen LogP contribution in [-0.2, 0) is 4.79 Å². The monoisotopic (exact) mass is 374 g/mol. The quantitative estimate of drug-likeness (QED) is 0.810. The molecule has 1 fully saturated rings. The minimum atomic E-state index is 0.0334. The summed E-state index contributed by atoms with van der Waals surface area (Å²) in [6.45, 7) is 7.73. The van der Waals surface area contributed by atoms with Gasteiger partial charge < -0.3 is 19.9 Å². The molecule has 1 saturated heterocycles. The number of benzene rings is 1. The maximum Gasteiger partial charge on any atom is 0.217 e. The molecule has 26 heavy (non-hydrogen) atoms. The number of carbonyl (C=O) groups is 1. The minimum Gasteiger partial charge on any atom is -0.495 e. The molecule has 5 nitrogen and oxygen atoms in total. The molecule has 0 saturated carbocycles. The summed E-state index contributed by atoms with van der Waals surface area (Å²) in [6.07, 6.45) is 0. The van der Waals surface area contributed by atoms with Gasteiger partial charge in [0.2, 0.25) is 5.91 Å². The highest BCUT2D eigenvalue weighted by atomic mass is 32.1. The fraction of sp³-hybridized carbons (Fsp3) is 0.450. The Morgan fingerprint density at radius 1 is 1.23 bits per heavy atom. The Morgan fingerprint density at radius 3 is 2.58 bits per heavy atom. The van der Waals surface area contributed by atoms with E-state index in [0.29, 0.717) is 6.04 Å². The van der Waals surface area contributed by atoms with Crippen LogP contribution in [0.3, 0.4) is 0 Å². The van der Waals surface area contributed by atoms with Gasteiger partial charge in [0.1, 0.15) is 11.8 Å². The lowest BCUT2D eigenvalue weighted by atomic mass is 10.0. The lowest BCUT2D eigenvalue weighted by Gasteiger charge is -2.39. The SMILES string of the molecule is COc1ccccc1N1CC[NH+]([C@H](c2cccs2)[C@@H](C)NC(C)=O)CC1. The van der Waals surface area contributed by atoms with Gasteiger partial charge in [-0.2, -0.15) is 0 Å². The summed E-state index contributed by atoms with van der Waals surface area (Å²) in [6, 6.07) is 12.9. The fourth-order valence-corrected chi connectivity index (χ4v) is 4.90. The molecule has 0 spiro atoms. The van der Waals surface area contributed by atoms with E-state index in [9.17, 15) is 4.79 Å². The molecule has 0 radical (unpaired) electrons. The average Bonchev–Trinajstić information content (AvgIpc) is 3.16. The number of carbonyl (C=O) groups excluding carboxylic acids is 1. The number of thiophene rings is 1. The molecule has 1 aliphatic heterocycles. The van der Waals surface area contributed by atoms with Gasteiger partial charge in [0, 0.05) is 6.92 Å². The molecule has 1 amide bonds. The number of quaternary nitrogens is 1. The summed E-state index contributed by atoms with van der Waals surface area (Å²) in [7, 11) is 1.72. The third-order valence-corrected chi connectivity index (χ3v) is 6.01. The molecule has 2 N–H and O–H groups in total. The van der Waals surface area contributed by atoms with Gasteiger partial charge in [0.05, 0.1) is 49.9 Å². The van der Waals surface area contributed by atoms with Gasteiger partial charge >= 0.3 is 0 Å². The van der Waals surface area contributed by atoms with Crippen molar-refractivity contribution in [1.82, 2.24) is 5.32 Å². The number of para-hydroxylation sites is 2. The Hall–Kier alpha value is -2.05. The predicted molar refractivity (Wildman–Crippen MR) is 106 cm³/mol. The second kappa shape index (κ2) is 8.56. The Morgan fingerprint density at radius 2 is 1.96 bits per heavy atom. The first kappa shape index (κ1) is 18.7. The molecule has 2 aromatic rings. The van der Waals surface area contributed by atoms with E-state index in [1.54, 1.807) is 25.4 Å². The van der Waals surface area contributed by atoms with Crippen LogP contribution < -0.4 is 19.9 Å². The predicted octanol–water partition coefficient (Wildman–Crippen LogP) is 1.73. The molecule has 0 aliphatic carbocycles. The molecule has 1 aliphatic rings. The van der Waals surface area contributed by atoms with E-state index in [1.165, 1.54) is 9.78 Å². The van der Waals surface area contributed by atoms with Crippen LogP contribution in [-0.4, -0.2) is 45.2 Å². The topological polar surface area (TPSA) is 46.0 Å². The summed E-state index contributed by atoms with van der Waals surface area (Å²) >= 11 is 1.78. The molecular weight excluding hydrogens is 346 g/mol. The molecule has 2 heterocycles. The molecule has 2 atom stereocenters. The summed E-state index contributed by atoms with van der Waals surface area (Å²) in [4.78, 5) is 16.8. The Bertz CT molecular complexity index is 712. The van der Waals surface area contributed by atoms with Crippen molar-refractivity contribution in [2.24, 2.45) is 0 Å². The molecule has 3 rings (SSSR count). The van der Waals surface area contributed by atoms with Gasteiger partial charge in [-0.05, 0) is 30.5 Å². The number of methoxy groups -OCH3 is 1. The molecule has 6 heteroatoms. The number of hydrogen-bond donors (Lipinski definition) is 2. The van der Waals surface area contributed by atoms with Crippen LogP contribution in [0, 0.1) is 0 Å². The zero-order chi connectivity index (χ0) is 18.5. The number of amides is 1. The van der Waals surface area contributed by atoms with Gasteiger partial charge in [0.15, 0.2) is 0 Å². The molecule has 140 valence electrons. The molecule has 0 unspecified atom stereocenters. The van der Waals surface area contributed by atoms with Crippen LogP contribution in [0.15, 0.2) is 41.8 Å². The number of piperazine rings is 1. The van der Waals surface area contributed by atoms with Crippen molar-refractivity contribution in [3.8, 4) is 5.75 Å². The number of anilines is 1. The zero-order valence-electron chi connectivity index (χ0n) is 15.7. The number of rotatable bonds is 6. The van der Waals surface area contributed by atoms with Gasteiger partial charge in [-0.15, -0.1) is 11.3 Å². The van der Waals surface area contributed by atoms with E-state index in [0.717, 1.165) is 37.6 Å². The van der Waals surface area contributed by atoms with Gasteiger partial charge in [-0.25, -0.2) is 0 Å². The first-order valence-corrected chi connectivity index (χ1v) is 10.0.